The molecule has 1 saturated heterocycles. The minimum atomic E-state index is 0.0821. The van der Waals surface area contributed by atoms with Gasteiger partial charge in [-0.25, -0.2) is 0 Å². The lowest BCUT2D eigenvalue weighted by molar-refractivity contribution is -0.123. The van der Waals surface area contributed by atoms with Crippen molar-refractivity contribution in [3.63, 3.8) is 0 Å². The Morgan fingerprint density at radius 2 is 1.71 bits per heavy atom. The number of carbonyl (C=O) groups excluding carboxylic acids is 1. The molecule has 0 aromatic carbocycles. The van der Waals surface area contributed by atoms with Gasteiger partial charge in [0.05, 0.1) is 0 Å². The smallest absolute Gasteiger partial charge is 0.222 e. The lowest BCUT2D eigenvalue weighted by Crippen LogP contribution is -2.59. The molecule has 1 aliphatic heterocycles. The van der Waals surface area contributed by atoms with E-state index in [1.165, 1.54) is 32.4 Å². The van der Waals surface area contributed by atoms with Crippen LogP contribution in [-0.2, 0) is 4.79 Å². The van der Waals surface area contributed by atoms with E-state index in [1.807, 2.05) is 13.8 Å². The maximum atomic E-state index is 11.6. The number of nitrogens with one attached hydrogen (secondary N) is 2. The van der Waals surface area contributed by atoms with Gasteiger partial charge in [-0.15, -0.1) is 0 Å². The van der Waals surface area contributed by atoms with Gasteiger partial charge in [-0.2, -0.15) is 0 Å². The molecular formula is C17H33N3O. The summed E-state index contributed by atoms with van der Waals surface area (Å²) in [4.78, 5) is 14.2. The van der Waals surface area contributed by atoms with Crippen molar-refractivity contribution in [1.82, 2.24) is 15.5 Å². The Balaban J connectivity index is 1.77. The second-order valence-corrected chi connectivity index (χ2v) is 7.42. The molecule has 4 nitrogen and oxygen atoms in total. The minimum Gasteiger partial charge on any atom is -0.355 e. The van der Waals surface area contributed by atoms with E-state index in [0.717, 1.165) is 24.9 Å². The Kier molecular flexibility index (Phi) is 6.06. The lowest BCUT2D eigenvalue weighted by Gasteiger charge is -2.49. The van der Waals surface area contributed by atoms with E-state index in [0.29, 0.717) is 12.1 Å². The summed E-state index contributed by atoms with van der Waals surface area (Å²) < 4.78 is 0. The Morgan fingerprint density at radius 1 is 1.10 bits per heavy atom. The van der Waals surface area contributed by atoms with Crippen LogP contribution < -0.4 is 10.6 Å². The van der Waals surface area contributed by atoms with Crippen molar-refractivity contribution in [2.75, 3.05) is 26.2 Å². The Morgan fingerprint density at radius 3 is 2.24 bits per heavy atom. The fourth-order valence-electron chi connectivity index (χ4n) is 3.86. The predicted molar refractivity (Wildman–Crippen MR) is 87.2 cm³/mol. The summed E-state index contributed by atoms with van der Waals surface area (Å²) in [6.07, 6.45) is 4.11. The first-order chi connectivity index (χ1) is 9.99. The number of amides is 1. The summed E-state index contributed by atoms with van der Waals surface area (Å²) in [5.41, 5.74) is 0. The van der Waals surface area contributed by atoms with E-state index >= 15 is 0 Å². The maximum absolute atomic E-state index is 11.6. The van der Waals surface area contributed by atoms with E-state index < -0.39 is 0 Å². The topological polar surface area (TPSA) is 44.4 Å². The van der Waals surface area contributed by atoms with Crippen LogP contribution in [0.1, 0.15) is 47.0 Å². The third-order valence-corrected chi connectivity index (χ3v) is 5.16. The lowest BCUT2D eigenvalue weighted by atomic mass is 9.73. The van der Waals surface area contributed by atoms with Crippen LogP contribution in [0.2, 0.25) is 0 Å². The summed E-state index contributed by atoms with van der Waals surface area (Å²) >= 11 is 0. The number of carbonyl (C=O) groups is 1. The Bertz CT molecular complexity index is 329. The van der Waals surface area contributed by atoms with Crippen LogP contribution in [0.4, 0.5) is 0 Å². The second kappa shape index (κ2) is 7.59. The average molecular weight is 295 g/mol. The summed E-state index contributed by atoms with van der Waals surface area (Å²) in [7, 11) is 0. The normalized spacial score (nSPS) is 29.9. The van der Waals surface area contributed by atoms with Gasteiger partial charge in [-0.1, -0.05) is 20.3 Å². The van der Waals surface area contributed by atoms with Crippen molar-refractivity contribution in [2.45, 2.75) is 59.0 Å². The zero-order valence-electron chi connectivity index (χ0n) is 14.2. The average Bonchev–Trinajstić information content (AvgIpc) is 2.42. The minimum absolute atomic E-state index is 0.0821. The maximum Gasteiger partial charge on any atom is 0.222 e. The summed E-state index contributed by atoms with van der Waals surface area (Å²) in [5, 5.41) is 6.74. The molecule has 21 heavy (non-hydrogen) atoms. The van der Waals surface area contributed by atoms with Crippen LogP contribution in [0.15, 0.2) is 0 Å². The number of hydrogen-bond acceptors (Lipinski definition) is 3. The standard InChI is InChI=1S/C17H33N3O/c1-12(2)17(21)19-9-8-18-16-14-6-5-7-15(16)11-20(10-14)13(3)4/h12-16,18H,5-11H2,1-4H3,(H,19,21). The number of likely N-dealkylation sites (tertiary alicyclic amines) is 1. The highest BCUT2D eigenvalue weighted by Gasteiger charge is 2.39. The van der Waals surface area contributed by atoms with Gasteiger partial charge in [0.2, 0.25) is 5.91 Å². The summed E-state index contributed by atoms with van der Waals surface area (Å²) in [5.74, 6) is 1.83. The van der Waals surface area contributed by atoms with E-state index in [4.69, 9.17) is 0 Å². The molecule has 2 bridgehead atoms. The molecule has 4 heteroatoms. The van der Waals surface area contributed by atoms with Gasteiger partial charge < -0.3 is 15.5 Å². The van der Waals surface area contributed by atoms with Crippen molar-refractivity contribution in [3.05, 3.63) is 0 Å². The molecule has 0 radical (unpaired) electrons. The third-order valence-electron chi connectivity index (χ3n) is 5.16. The molecule has 2 N–H and O–H groups in total. The zero-order valence-corrected chi connectivity index (χ0v) is 14.2. The molecule has 2 aliphatic rings. The molecule has 0 spiro atoms. The SMILES string of the molecule is CC(C)C(=O)NCCNC1C2CCCC1CN(C(C)C)C2. The molecule has 1 saturated carbocycles. The molecule has 1 aliphatic carbocycles. The summed E-state index contributed by atoms with van der Waals surface area (Å²) in [6.45, 7) is 12.6. The molecule has 1 amide bonds. The van der Waals surface area contributed by atoms with Gasteiger partial charge in [-0.3, -0.25) is 4.79 Å². The van der Waals surface area contributed by atoms with Crippen LogP contribution in [0.3, 0.4) is 0 Å². The molecule has 122 valence electrons. The van der Waals surface area contributed by atoms with Crippen LogP contribution >= 0.6 is 0 Å². The molecule has 2 atom stereocenters. The van der Waals surface area contributed by atoms with Gasteiger partial charge >= 0.3 is 0 Å². The molecule has 2 unspecified atom stereocenters. The fraction of sp³-hybridized carbons (Fsp3) is 0.941. The first kappa shape index (κ1) is 16.8. The van der Waals surface area contributed by atoms with Crippen LogP contribution in [0.25, 0.3) is 0 Å². The van der Waals surface area contributed by atoms with Gasteiger partial charge in [0.1, 0.15) is 0 Å². The highest BCUT2D eigenvalue weighted by molar-refractivity contribution is 5.77. The van der Waals surface area contributed by atoms with E-state index in [-0.39, 0.29) is 11.8 Å². The first-order valence-electron chi connectivity index (χ1n) is 8.74. The summed E-state index contributed by atoms with van der Waals surface area (Å²) in [6, 6.07) is 1.32. The van der Waals surface area contributed by atoms with Crippen molar-refractivity contribution >= 4 is 5.91 Å². The Hall–Kier alpha value is -0.610. The van der Waals surface area contributed by atoms with Crippen molar-refractivity contribution in [2.24, 2.45) is 17.8 Å². The fourth-order valence-corrected chi connectivity index (χ4v) is 3.86. The van der Waals surface area contributed by atoms with E-state index in [2.05, 4.69) is 29.4 Å². The molecule has 0 aromatic rings. The quantitative estimate of drug-likeness (QED) is 0.735. The van der Waals surface area contributed by atoms with Crippen LogP contribution in [0.5, 0.6) is 0 Å². The van der Waals surface area contributed by atoms with Gasteiger partial charge in [0.25, 0.3) is 0 Å². The van der Waals surface area contributed by atoms with Crippen LogP contribution in [0, 0.1) is 17.8 Å². The zero-order chi connectivity index (χ0) is 15.4. The number of nitrogens with zero attached hydrogens (tertiary/aromatic N) is 1. The van der Waals surface area contributed by atoms with Crippen LogP contribution in [-0.4, -0.2) is 49.1 Å². The van der Waals surface area contributed by atoms with Crippen molar-refractivity contribution < 1.29 is 4.79 Å². The molecule has 2 rings (SSSR count). The van der Waals surface area contributed by atoms with E-state index in [9.17, 15) is 4.79 Å². The largest absolute Gasteiger partial charge is 0.355 e. The monoisotopic (exact) mass is 295 g/mol. The molecule has 0 aromatic heterocycles. The molecular weight excluding hydrogens is 262 g/mol. The second-order valence-electron chi connectivity index (χ2n) is 7.42. The number of rotatable bonds is 6. The van der Waals surface area contributed by atoms with Crippen molar-refractivity contribution in [1.29, 1.82) is 0 Å². The number of piperidine rings is 1. The highest BCUT2D eigenvalue weighted by Crippen LogP contribution is 2.35. The van der Waals surface area contributed by atoms with Gasteiger partial charge in [-0.05, 0) is 38.5 Å². The third kappa shape index (κ3) is 4.43. The van der Waals surface area contributed by atoms with Crippen molar-refractivity contribution in [3.8, 4) is 0 Å². The highest BCUT2D eigenvalue weighted by atomic mass is 16.1. The predicted octanol–water partition coefficient (Wildman–Crippen LogP) is 1.86. The molecule has 2 fully saturated rings. The van der Waals surface area contributed by atoms with Gasteiger partial charge in [0, 0.05) is 44.2 Å². The van der Waals surface area contributed by atoms with Gasteiger partial charge in [0.15, 0.2) is 0 Å². The number of fused-ring (bicyclic) bond motifs is 2. The van der Waals surface area contributed by atoms with E-state index in [1.54, 1.807) is 0 Å². The number of hydrogen-bond donors (Lipinski definition) is 2. The molecule has 1 heterocycles. The Labute approximate surface area is 130 Å². The first-order valence-corrected chi connectivity index (χ1v) is 8.74.